The lowest BCUT2D eigenvalue weighted by Crippen LogP contribution is -2.40. The van der Waals surface area contributed by atoms with Crippen LogP contribution in [-0.2, 0) is 14.3 Å². The molecule has 0 bridgehead atoms. The minimum absolute atomic E-state index is 0.0737. The van der Waals surface area contributed by atoms with Gasteiger partial charge < -0.3 is 15.2 Å². The molecule has 1 amide bonds. The number of esters is 1. The molecule has 6 nitrogen and oxygen atoms in total. The molecular weight excluding hydrogens is 292 g/mol. The van der Waals surface area contributed by atoms with Crippen LogP contribution in [0.1, 0.15) is 34.6 Å². The molecule has 0 fully saturated rings. The first-order valence-electron chi connectivity index (χ1n) is 6.41. The number of carbonyl (C=O) groups is 2. The van der Waals surface area contributed by atoms with Gasteiger partial charge in [-0.1, -0.05) is 6.58 Å². The van der Waals surface area contributed by atoms with Gasteiger partial charge in [0.2, 0.25) is 0 Å². The molecule has 0 spiro atoms. The molecule has 0 aliphatic carbocycles. The van der Waals surface area contributed by atoms with Gasteiger partial charge in [-0.2, -0.15) is 0 Å². The summed E-state index contributed by atoms with van der Waals surface area (Å²) in [6.07, 6.45) is 1.66. The Morgan fingerprint density at radius 2 is 1.81 bits per heavy atom. The van der Waals surface area contributed by atoms with Crippen LogP contribution in [0, 0.1) is 0 Å². The number of aliphatic imine (C=N–C) groups is 1. The molecule has 0 heterocycles. The van der Waals surface area contributed by atoms with Gasteiger partial charge in [-0.15, -0.1) is 11.8 Å². The highest BCUT2D eigenvalue weighted by molar-refractivity contribution is 8.15. The fourth-order valence-electron chi connectivity index (χ4n) is 1.07. The number of ether oxygens (including phenoxy) is 1. The maximum atomic E-state index is 11.9. The number of thioether (sulfide) groups is 1. The number of hydrogen-bond donors (Lipinski definition) is 2. The Hall–Kier alpha value is -1.34. The summed E-state index contributed by atoms with van der Waals surface area (Å²) in [7, 11) is 0. The molecule has 7 heteroatoms. The number of rotatable bonds is 4. The maximum absolute atomic E-state index is 11.9. The Morgan fingerprint density at radius 3 is 2.19 bits per heavy atom. The first-order valence-corrected chi connectivity index (χ1v) is 7.64. The van der Waals surface area contributed by atoms with E-state index in [0.29, 0.717) is 0 Å². The molecule has 0 aliphatic heterocycles. The van der Waals surface area contributed by atoms with E-state index in [9.17, 15) is 14.7 Å². The Kier molecular flexibility index (Phi) is 7.12. The van der Waals surface area contributed by atoms with E-state index in [0.717, 1.165) is 11.8 Å². The Bertz CT molecular complexity index is 445. The van der Waals surface area contributed by atoms with E-state index < -0.39 is 23.1 Å². The molecule has 0 radical (unpaired) electrons. The highest BCUT2D eigenvalue weighted by atomic mass is 32.2. The van der Waals surface area contributed by atoms with Crippen LogP contribution in [-0.4, -0.2) is 46.0 Å². The van der Waals surface area contributed by atoms with E-state index in [1.54, 1.807) is 40.9 Å². The summed E-state index contributed by atoms with van der Waals surface area (Å²) in [5.74, 6) is -1.15. The summed E-state index contributed by atoms with van der Waals surface area (Å²) in [6, 6.07) is 0. The second kappa shape index (κ2) is 7.61. The van der Waals surface area contributed by atoms with Gasteiger partial charge in [0.15, 0.2) is 5.04 Å². The second-order valence-corrected chi connectivity index (χ2v) is 6.86. The topological polar surface area (TPSA) is 88.0 Å². The predicted octanol–water partition coefficient (Wildman–Crippen LogP) is 1.49. The largest absolute Gasteiger partial charge is 0.455 e. The molecule has 0 aromatic heterocycles. The van der Waals surface area contributed by atoms with E-state index in [-0.39, 0.29) is 17.3 Å². The van der Waals surface area contributed by atoms with Gasteiger partial charge in [0, 0.05) is 6.54 Å². The van der Waals surface area contributed by atoms with Crippen molar-refractivity contribution >= 4 is 28.7 Å². The van der Waals surface area contributed by atoms with Gasteiger partial charge in [-0.3, -0.25) is 4.79 Å². The van der Waals surface area contributed by atoms with Crippen LogP contribution >= 0.6 is 11.8 Å². The molecule has 0 aromatic rings. The molecule has 120 valence electrons. The van der Waals surface area contributed by atoms with E-state index >= 15 is 0 Å². The van der Waals surface area contributed by atoms with Crippen molar-refractivity contribution in [2.24, 2.45) is 4.99 Å². The summed E-state index contributed by atoms with van der Waals surface area (Å²) in [5.41, 5.74) is -1.83. The van der Waals surface area contributed by atoms with E-state index in [1.807, 2.05) is 0 Å². The zero-order valence-corrected chi connectivity index (χ0v) is 14.3. The summed E-state index contributed by atoms with van der Waals surface area (Å²) in [4.78, 5) is 27.5. The van der Waals surface area contributed by atoms with Gasteiger partial charge >= 0.3 is 5.97 Å². The van der Waals surface area contributed by atoms with E-state index in [2.05, 4.69) is 16.9 Å². The molecule has 0 aromatic carbocycles. The average Bonchev–Trinajstić information content (AvgIpc) is 2.29. The van der Waals surface area contributed by atoms with Gasteiger partial charge in [0.05, 0.1) is 5.60 Å². The molecule has 0 saturated carbocycles. The van der Waals surface area contributed by atoms with Crippen molar-refractivity contribution in [2.45, 2.75) is 45.8 Å². The Balaban J connectivity index is 4.82. The lowest BCUT2D eigenvalue weighted by atomic mass is 10.1. The molecule has 2 N–H and O–H groups in total. The quantitative estimate of drug-likeness (QED) is 0.355. The fraction of sp³-hybridized carbons (Fsp3) is 0.643. The predicted molar refractivity (Wildman–Crippen MR) is 85.2 cm³/mol. The van der Waals surface area contributed by atoms with Crippen LogP contribution in [0.3, 0.4) is 0 Å². The highest BCUT2D eigenvalue weighted by Crippen LogP contribution is 2.12. The fourth-order valence-corrected chi connectivity index (χ4v) is 1.53. The molecule has 0 saturated heterocycles. The van der Waals surface area contributed by atoms with Crippen LogP contribution in [0.15, 0.2) is 17.3 Å². The van der Waals surface area contributed by atoms with Gasteiger partial charge in [-0.05, 0) is 40.9 Å². The van der Waals surface area contributed by atoms with Crippen LogP contribution in [0.2, 0.25) is 0 Å². The van der Waals surface area contributed by atoms with Gasteiger partial charge in [-0.25, -0.2) is 9.79 Å². The van der Waals surface area contributed by atoms with Crippen molar-refractivity contribution in [1.29, 1.82) is 0 Å². The Morgan fingerprint density at radius 1 is 1.29 bits per heavy atom. The van der Waals surface area contributed by atoms with Crippen molar-refractivity contribution in [1.82, 2.24) is 5.32 Å². The number of hydrogen-bond acceptors (Lipinski definition) is 6. The molecular formula is C14H24N2O4S. The van der Waals surface area contributed by atoms with Crippen molar-refractivity contribution < 1.29 is 19.4 Å². The number of carbonyl (C=O) groups excluding carboxylic acids is 2. The number of nitrogens with zero attached hydrogens (tertiary/aromatic N) is 1. The average molecular weight is 316 g/mol. The SMILES string of the molecule is C=C(/N=C(\SC)C(=O)NCC(C)(C)O)C(=O)OC(C)(C)C. The molecule has 0 rings (SSSR count). The number of aliphatic hydroxyl groups is 1. The van der Waals surface area contributed by atoms with Crippen LogP contribution < -0.4 is 5.32 Å². The van der Waals surface area contributed by atoms with Gasteiger partial charge in [0.1, 0.15) is 11.3 Å². The first-order chi connectivity index (χ1) is 9.35. The van der Waals surface area contributed by atoms with Crippen molar-refractivity contribution in [3.05, 3.63) is 12.3 Å². The summed E-state index contributed by atoms with van der Waals surface area (Å²) < 4.78 is 5.11. The zero-order valence-electron chi connectivity index (χ0n) is 13.4. The van der Waals surface area contributed by atoms with E-state index in [4.69, 9.17) is 4.74 Å². The van der Waals surface area contributed by atoms with Crippen molar-refractivity contribution in [2.75, 3.05) is 12.8 Å². The third-order valence-electron chi connectivity index (χ3n) is 1.94. The normalized spacial score (nSPS) is 12.8. The maximum Gasteiger partial charge on any atom is 0.356 e. The monoisotopic (exact) mass is 316 g/mol. The standard InChI is InChI=1S/C14H24N2O4S/c1-9(12(18)20-13(2,3)4)16-11(21-7)10(17)15-8-14(5,6)19/h19H,1,8H2,2-7H3,(H,15,17)/b16-11-. The molecule has 21 heavy (non-hydrogen) atoms. The minimum Gasteiger partial charge on any atom is -0.455 e. The molecule has 0 atom stereocenters. The smallest absolute Gasteiger partial charge is 0.356 e. The number of nitrogens with one attached hydrogen (secondary N) is 1. The zero-order chi connectivity index (χ0) is 16.8. The highest BCUT2D eigenvalue weighted by Gasteiger charge is 2.21. The van der Waals surface area contributed by atoms with Crippen LogP contribution in [0.25, 0.3) is 0 Å². The minimum atomic E-state index is -1.03. The summed E-state index contributed by atoms with van der Waals surface area (Å²) >= 11 is 1.08. The summed E-state index contributed by atoms with van der Waals surface area (Å²) in [6.45, 7) is 11.9. The molecule has 0 unspecified atom stereocenters. The van der Waals surface area contributed by atoms with Crippen molar-refractivity contribution in [3.8, 4) is 0 Å². The van der Waals surface area contributed by atoms with Gasteiger partial charge in [0.25, 0.3) is 5.91 Å². The Labute approximate surface area is 130 Å². The van der Waals surface area contributed by atoms with Crippen molar-refractivity contribution in [3.63, 3.8) is 0 Å². The summed E-state index contributed by atoms with van der Waals surface area (Å²) in [5, 5.41) is 12.2. The third-order valence-corrected chi connectivity index (χ3v) is 2.60. The van der Waals surface area contributed by atoms with Crippen LogP contribution in [0.5, 0.6) is 0 Å². The van der Waals surface area contributed by atoms with Crippen LogP contribution in [0.4, 0.5) is 0 Å². The number of amides is 1. The van der Waals surface area contributed by atoms with E-state index in [1.165, 1.54) is 0 Å². The first kappa shape index (κ1) is 19.7. The third kappa shape index (κ3) is 9.25. The lowest BCUT2D eigenvalue weighted by Gasteiger charge is -2.19. The lowest BCUT2D eigenvalue weighted by molar-refractivity contribution is -0.149. The molecule has 0 aliphatic rings. The second-order valence-electron chi connectivity index (χ2n) is 6.06.